The first kappa shape index (κ1) is 14.8. The number of fused-ring (bicyclic) bond motifs is 1. The van der Waals surface area contributed by atoms with Gasteiger partial charge in [0.1, 0.15) is 12.2 Å². The quantitative estimate of drug-likeness (QED) is 0.735. The predicted molar refractivity (Wildman–Crippen MR) is 76.4 cm³/mol. The molecule has 2 bridgehead atoms. The molecule has 0 aromatic rings. The van der Waals surface area contributed by atoms with Crippen LogP contribution in [0.1, 0.15) is 33.6 Å². The van der Waals surface area contributed by atoms with E-state index in [4.69, 9.17) is 9.47 Å². The van der Waals surface area contributed by atoms with Crippen LogP contribution in [0.15, 0.2) is 0 Å². The third-order valence-electron chi connectivity index (χ3n) is 5.78. The largest absolute Gasteiger partial charge is 0.458 e. The smallest absolute Gasteiger partial charge is 0.311 e. The van der Waals surface area contributed by atoms with E-state index in [-0.39, 0.29) is 47.9 Å². The lowest BCUT2D eigenvalue weighted by molar-refractivity contribution is -0.171. The van der Waals surface area contributed by atoms with Gasteiger partial charge in [-0.05, 0) is 40.8 Å². The summed E-state index contributed by atoms with van der Waals surface area (Å²) in [5, 5.41) is 0. The number of ether oxygens (including phenoxy) is 2. The third-order valence-corrected chi connectivity index (χ3v) is 5.78. The summed E-state index contributed by atoms with van der Waals surface area (Å²) in [7, 11) is 3.97. The molecule has 1 aliphatic heterocycles. The van der Waals surface area contributed by atoms with Crippen LogP contribution in [0.5, 0.6) is 0 Å². The summed E-state index contributed by atoms with van der Waals surface area (Å²) in [4.78, 5) is 26.6. The fraction of sp³-hybridized carbons (Fsp3) is 0.875. The minimum absolute atomic E-state index is 0.0378. The Morgan fingerprint density at radius 3 is 2.62 bits per heavy atom. The van der Waals surface area contributed by atoms with E-state index in [2.05, 4.69) is 4.90 Å². The van der Waals surface area contributed by atoms with Crippen LogP contribution < -0.4 is 0 Å². The van der Waals surface area contributed by atoms with Crippen molar-refractivity contribution in [3.05, 3.63) is 0 Å². The second kappa shape index (κ2) is 4.70. The summed E-state index contributed by atoms with van der Waals surface area (Å²) in [6.07, 6.45) is 1.16. The third kappa shape index (κ3) is 2.00. The van der Waals surface area contributed by atoms with E-state index in [0.29, 0.717) is 0 Å². The molecule has 5 nitrogen and oxygen atoms in total. The van der Waals surface area contributed by atoms with E-state index in [0.717, 1.165) is 12.8 Å². The Hall–Kier alpha value is -1.10. The van der Waals surface area contributed by atoms with Gasteiger partial charge < -0.3 is 14.4 Å². The fourth-order valence-corrected chi connectivity index (χ4v) is 4.24. The Balaban J connectivity index is 1.82. The van der Waals surface area contributed by atoms with Crippen LogP contribution >= 0.6 is 0 Å². The van der Waals surface area contributed by atoms with Crippen molar-refractivity contribution in [2.75, 3.05) is 14.1 Å². The van der Waals surface area contributed by atoms with Gasteiger partial charge in [-0.3, -0.25) is 9.59 Å². The van der Waals surface area contributed by atoms with Crippen LogP contribution in [0.4, 0.5) is 0 Å². The van der Waals surface area contributed by atoms with Crippen molar-refractivity contribution in [3.63, 3.8) is 0 Å². The first-order chi connectivity index (χ1) is 9.77. The van der Waals surface area contributed by atoms with Gasteiger partial charge in [0.25, 0.3) is 0 Å². The molecule has 0 radical (unpaired) electrons. The van der Waals surface area contributed by atoms with Gasteiger partial charge in [-0.25, -0.2) is 0 Å². The van der Waals surface area contributed by atoms with Crippen LogP contribution in [0, 0.1) is 23.2 Å². The van der Waals surface area contributed by atoms with Crippen LogP contribution in [0.3, 0.4) is 0 Å². The first-order valence-electron chi connectivity index (χ1n) is 7.86. The van der Waals surface area contributed by atoms with E-state index in [1.54, 1.807) is 0 Å². The lowest BCUT2D eigenvalue weighted by atomic mass is 9.82. The van der Waals surface area contributed by atoms with Gasteiger partial charge in [-0.15, -0.1) is 0 Å². The highest BCUT2D eigenvalue weighted by atomic mass is 16.6. The van der Waals surface area contributed by atoms with Gasteiger partial charge in [0.15, 0.2) is 0 Å². The van der Waals surface area contributed by atoms with E-state index >= 15 is 0 Å². The van der Waals surface area contributed by atoms with Crippen molar-refractivity contribution in [2.45, 2.75) is 51.9 Å². The zero-order chi connectivity index (χ0) is 15.5. The van der Waals surface area contributed by atoms with Gasteiger partial charge in [-0.1, -0.05) is 6.92 Å². The molecule has 0 N–H and O–H groups in total. The van der Waals surface area contributed by atoms with E-state index in [1.165, 1.54) is 0 Å². The van der Waals surface area contributed by atoms with Crippen molar-refractivity contribution in [1.29, 1.82) is 0 Å². The maximum Gasteiger partial charge on any atom is 0.311 e. The highest BCUT2D eigenvalue weighted by molar-refractivity contribution is 5.79. The van der Waals surface area contributed by atoms with Crippen LogP contribution in [-0.4, -0.2) is 49.2 Å². The highest BCUT2D eigenvalue weighted by Gasteiger charge is 2.68. The molecular weight excluding hydrogens is 270 g/mol. The molecule has 0 spiro atoms. The summed E-state index contributed by atoms with van der Waals surface area (Å²) in [6.45, 7) is 5.78. The molecule has 3 aliphatic rings. The van der Waals surface area contributed by atoms with Gasteiger partial charge in [-0.2, -0.15) is 0 Å². The van der Waals surface area contributed by atoms with Crippen molar-refractivity contribution in [3.8, 4) is 0 Å². The molecule has 0 aromatic carbocycles. The average molecular weight is 295 g/mol. The number of hydrogen-bond acceptors (Lipinski definition) is 5. The number of carbonyl (C=O) groups excluding carboxylic acids is 2. The molecule has 2 aliphatic carbocycles. The Morgan fingerprint density at radius 2 is 2.05 bits per heavy atom. The summed E-state index contributed by atoms with van der Waals surface area (Å²) in [6, 6.07) is 0.129. The Morgan fingerprint density at radius 1 is 1.38 bits per heavy atom. The van der Waals surface area contributed by atoms with Gasteiger partial charge in [0.05, 0.1) is 11.3 Å². The van der Waals surface area contributed by atoms with Gasteiger partial charge in [0.2, 0.25) is 0 Å². The summed E-state index contributed by atoms with van der Waals surface area (Å²) in [5.41, 5.74) is -0.489. The standard InChI is InChI=1S/C16H25NO4/c1-6-16(2,3)15(19)21-13-9-7-8-10(11(9)17(4)5)14(18)20-12(8)13/h8-13H,6-7H2,1-5H3. The molecule has 21 heavy (non-hydrogen) atoms. The van der Waals surface area contributed by atoms with Gasteiger partial charge >= 0.3 is 11.9 Å². The predicted octanol–water partition coefficient (Wildman–Crippen LogP) is 1.46. The van der Waals surface area contributed by atoms with Crippen molar-refractivity contribution in [1.82, 2.24) is 4.90 Å². The molecular formula is C16H25NO4. The van der Waals surface area contributed by atoms with Crippen LogP contribution in [-0.2, 0) is 19.1 Å². The van der Waals surface area contributed by atoms with Crippen molar-refractivity contribution < 1.29 is 19.1 Å². The second-order valence-corrected chi connectivity index (χ2v) is 7.55. The number of rotatable bonds is 4. The van der Waals surface area contributed by atoms with Crippen LogP contribution in [0.2, 0.25) is 0 Å². The molecule has 1 heterocycles. The Labute approximate surface area is 126 Å². The summed E-state index contributed by atoms with van der Waals surface area (Å²) < 4.78 is 11.4. The molecule has 6 atom stereocenters. The SMILES string of the molecule is CCC(C)(C)C(=O)OC1C2CC3C1OC(=O)C3C2N(C)C. The monoisotopic (exact) mass is 295 g/mol. The Kier molecular flexibility index (Phi) is 3.32. The first-order valence-corrected chi connectivity index (χ1v) is 7.86. The van der Waals surface area contributed by atoms with Crippen molar-refractivity contribution in [2.24, 2.45) is 23.2 Å². The minimum Gasteiger partial charge on any atom is -0.458 e. The topological polar surface area (TPSA) is 55.8 Å². The molecule has 1 saturated heterocycles. The summed E-state index contributed by atoms with van der Waals surface area (Å²) >= 11 is 0. The molecule has 0 amide bonds. The number of esters is 2. The average Bonchev–Trinajstić information content (AvgIpc) is 3.01. The van der Waals surface area contributed by atoms with E-state index < -0.39 is 5.41 Å². The molecule has 5 heteroatoms. The fourth-order valence-electron chi connectivity index (χ4n) is 4.24. The Bertz CT molecular complexity index is 473. The second-order valence-electron chi connectivity index (χ2n) is 7.55. The van der Waals surface area contributed by atoms with Gasteiger partial charge in [0, 0.05) is 17.9 Å². The molecule has 118 valence electrons. The lowest BCUT2D eigenvalue weighted by Gasteiger charge is -2.36. The molecule has 2 saturated carbocycles. The molecule has 3 rings (SSSR count). The zero-order valence-electron chi connectivity index (χ0n) is 13.5. The highest BCUT2D eigenvalue weighted by Crippen LogP contribution is 2.56. The van der Waals surface area contributed by atoms with Crippen LogP contribution in [0.25, 0.3) is 0 Å². The van der Waals surface area contributed by atoms with E-state index in [9.17, 15) is 9.59 Å². The zero-order valence-corrected chi connectivity index (χ0v) is 13.5. The minimum atomic E-state index is -0.489. The van der Waals surface area contributed by atoms with E-state index in [1.807, 2.05) is 34.9 Å². The molecule has 3 fully saturated rings. The summed E-state index contributed by atoms with van der Waals surface area (Å²) in [5.74, 6) is 0.101. The number of carbonyl (C=O) groups is 2. The maximum absolute atomic E-state index is 12.4. The molecule has 0 aromatic heterocycles. The lowest BCUT2D eigenvalue weighted by Crippen LogP contribution is -2.49. The maximum atomic E-state index is 12.4. The number of hydrogen-bond donors (Lipinski definition) is 0. The molecule has 6 unspecified atom stereocenters. The normalized spacial score (nSPS) is 40.8. The van der Waals surface area contributed by atoms with Crippen molar-refractivity contribution >= 4 is 11.9 Å². The number of nitrogens with zero attached hydrogens (tertiary/aromatic N) is 1.